The van der Waals surface area contributed by atoms with Gasteiger partial charge in [0.05, 0.1) is 18.9 Å². The number of hydrogen-bond acceptors (Lipinski definition) is 4. The third kappa shape index (κ3) is 2.63. The van der Waals surface area contributed by atoms with Crippen LogP contribution in [0.3, 0.4) is 0 Å². The predicted molar refractivity (Wildman–Crippen MR) is 62.4 cm³/mol. The van der Waals surface area contributed by atoms with Crippen molar-refractivity contribution < 1.29 is 19.1 Å². The molecule has 0 aromatic carbocycles. The minimum atomic E-state index is -0.270. The lowest BCUT2D eigenvalue weighted by Crippen LogP contribution is -2.45. The molecule has 0 radical (unpaired) electrons. The fourth-order valence-electron chi connectivity index (χ4n) is 2.57. The van der Waals surface area contributed by atoms with E-state index >= 15 is 0 Å². The standard InChI is InChI=1S/C12H18N2O4/c1-18-12(17)8-3-2-4-14(7-8)11(16)9-5-10(15)13-6-9/h8-9H,2-7H2,1H3,(H,13,15). The number of piperidine rings is 1. The summed E-state index contributed by atoms with van der Waals surface area (Å²) in [6.45, 7) is 1.49. The molecule has 2 aliphatic rings. The summed E-state index contributed by atoms with van der Waals surface area (Å²) in [4.78, 5) is 36.5. The zero-order chi connectivity index (χ0) is 13.1. The molecule has 0 aromatic heterocycles. The molecule has 2 fully saturated rings. The Morgan fingerprint density at radius 2 is 2.17 bits per heavy atom. The van der Waals surface area contributed by atoms with E-state index in [1.165, 1.54) is 7.11 Å². The molecule has 0 spiro atoms. The number of nitrogens with one attached hydrogen (secondary N) is 1. The van der Waals surface area contributed by atoms with E-state index in [4.69, 9.17) is 4.74 Å². The highest BCUT2D eigenvalue weighted by Crippen LogP contribution is 2.21. The van der Waals surface area contributed by atoms with Crippen LogP contribution in [0, 0.1) is 11.8 Å². The van der Waals surface area contributed by atoms with Crippen molar-refractivity contribution in [1.29, 1.82) is 0 Å². The van der Waals surface area contributed by atoms with Crippen LogP contribution in [0.2, 0.25) is 0 Å². The molecule has 1 N–H and O–H groups in total. The van der Waals surface area contributed by atoms with E-state index in [0.717, 1.165) is 12.8 Å². The van der Waals surface area contributed by atoms with Gasteiger partial charge < -0.3 is 15.0 Å². The molecule has 2 rings (SSSR count). The molecule has 0 saturated carbocycles. The van der Waals surface area contributed by atoms with Crippen LogP contribution in [0.25, 0.3) is 0 Å². The van der Waals surface area contributed by atoms with Gasteiger partial charge in [-0.15, -0.1) is 0 Å². The third-order valence-electron chi connectivity index (χ3n) is 3.59. The fraction of sp³-hybridized carbons (Fsp3) is 0.750. The highest BCUT2D eigenvalue weighted by molar-refractivity contribution is 5.89. The van der Waals surface area contributed by atoms with Crippen LogP contribution in [-0.4, -0.2) is 49.4 Å². The molecule has 2 saturated heterocycles. The molecule has 6 nitrogen and oxygen atoms in total. The monoisotopic (exact) mass is 254 g/mol. The maximum atomic E-state index is 12.2. The number of ether oxygens (including phenoxy) is 1. The van der Waals surface area contributed by atoms with Gasteiger partial charge in [-0.1, -0.05) is 0 Å². The molecule has 18 heavy (non-hydrogen) atoms. The van der Waals surface area contributed by atoms with Gasteiger partial charge in [-0.25, -0.2) is 0 Å². The average Bonchev–Trinajstić information content (AvgIpc) is 2.83. The number of esters is 1. The van der Waals surface area contributed by atoms with E-state index < -0.39 is 0 Å². The van der Waals surface area contributed by atoms with E-state index in [0.29, 0.717) is 19.6 Å². The van der Waals surface area contributed by atoms with E-state index in [1.807, 2.05) is 0 Å². The van der Waals surface area contributed by atoms with Crippen LogP contribution in [0.15, 0.2) is 0 Å². The van der Waals surface area contributed by atoms with Gasteiger partial charge in [0.1, 0.15) is 0 Å². The number of carbonyl (C=O) groups is 3. The van der Waals surface area contributed by atoms with Crippen LogP contribution in [0.1, 0.15) is 19.3 Å². The molecular formula is C12H18N2O4. The van der Waals surface area contributed by atoms with Crippen molar-refractivity contribution >= 4 is 17.8 Å². The summed E-state index contributed by atoms with van der Waals surface area (Å²) in [6, 6.07) is 0. The highest BCUT2D eigenvalue weighted by Gasteiger charge is 2.35. The second-order valence-corrected chi connectivity index (χ2v) is 4.85. The molecule has 6 heteroatoms. The number of likely N-dealkylation sites (tertiary alicyclic amines) is 1. The van der Waals surface area contributed by atoms with Crippen LogP contribution in [0.5, 0.6) is 0 Å². The predicted octanol–water partition coefficient (Wildman–Crippen LogP) is -0.466. The molecule has 2 aliphatic heterocycles. The van der Waals surface area contributed by atoms with E-state index in [-0.39, 0.29) is 36.0 Å². The number of carbonyl (C=O) groups excluding carboxylic acids is 3. The second-order valence-electron chi connectivity index (χ2n) is 4.85. The quantitative estimate of drug-likeness (QED) is 0.676. The average molecular weight is 254 g/mol. The summed E-state index contributed by atoms with van der Waals surface area (Å²) < 4.78 is 4.72. The van der Waals surface area contributed by atoms with Crippen molar-refractivity contribution in [2.45, 2.75) is 19.3 Å². The molecule has 2 unspecified atom stereocenters. The Balaban J connectivity index is 1.94. The zero-order valence-corrected chi connectivity index (χ0v) is 10.5. The Morgan fingerprint density at radius 1 is 1.39 bits per heavy atom. The fourth-order valence-corrected chi connectivity index (χ4v) is 2.57. The molecule has 0 aromatic rings. The van der Waals surface area contributed by atoms with Gasteiger partial charge in [0, 0.05) is 26.1 Å². The van der Waals surface area contributed by atoms with Gasteiger partial charge in [0.15, 0.2) is 0 Å². The number of methoxy groups -OCH3 is 1. The Bertz CT molecular complexity index is 369. The summed E-state index contributed by atoms with van der Waals surface area (Å²) in [5, 5.41) is 2.66. The first kappa shape index (κ1) is 12.9. The van der Waals surface area contributed by atoms with Gasteiger partial charge >= 0.3 is 5.97 Å². The molecule has 100 valence electrons. The summed E-state index contributed by atoms with van der Waals surface area (Å²) in [6.07, 6.45) is 1.83. The maximum absolute atomic E-state index is 12.2. The van der Waals surface area contributed by atoms with E-state index in [1.54, 1.807) is 4.90 Å². The molecular weight excluding hydrogens is 236 g/mol. The number of hydrogen-bond donors (Lipinski definition) is 1. The van der Waals surface area contributed by atoms with Gasteiger partial charge in [0.2, 0.25) is 11.8 Å². The molecule has 2 heterocycles. The normalized spacial score (nSPS) is 27.8. The first-order chi connectivity index (χ1) is 8.61. The zero-order valence-electron chi connectivity index (χ0n) is 10.5. The highest BCUT2D eigenvalue weighted by atomic mass is 16.5. The van der Waals surface area contributed by atoms with Crippen molar-refractivity contribution in [3.05, 3.63) is 0 Å². The lowest BCUT2D eigenvalue weighted by molar-refractivity contribution is -0.149. The van der Waals surface area contributed by atoms with Gasteiger partial charge in [-0.05, 0) is 12.8 Å². The van der Waals surface area contributed by atoms with Crippen LogP contribution < -0.4 is 5.32 Å². The van der Waals surface area contributed by atoms with Crippen molar-refractivity contribution in [2.24, 2.45) is 11.8 Å². The molecule has 2 amide bonds. The van der Waals surface area contributed by atoms with Gasteiger partial charge in [-0.2, -0.15) is 0 Å². The molecule has 0 bridgehead atoms. The Labute approximate surface area is 106 Å². The summed E-state index contributed by atoms with van der Waals surface area (Å²) in [7, 11) is 1.36. The number of rotatable bonds is 2. The van der Waals surface area contributed by atoms with Gasteiger partial charge in [0.25, 0.3) is 0 Å². The van der Waals surface area contributed by atoms with Gasteiger partial charge in [-0.3, -0.25) is 14.4 Å². The Hall–Kier alpha value is -1.59. The molecule has 2 atom stereocenters. The summed E-state index contributed by atoms with van der Waals surface area (Å²) in [5.41, 5.74) is 0. The first-order valence-electron chi connectivity index (χ1n) is 6.25. The van der Waals surface area contributed by atoms with Crippen LogP contribution in [-0.2, 0) is 19.1 Å². The van der Waals surface area contributed by atoms with Crippen molar-refractivity contribution in [2.75, 3.05) is 26.7 Å². The maximum Gasteiger partial charge on any atom is 0.310 e. The SMILES string of the molecule is COC(=O)C1CCCN(C(=O)C2CNC(=O)C2)C1. The minimum Gasteiger partial charge on any atom is -0.469 e. The van der Waals surface area contributed by atoms with Crippen LogP contribution in [0.4, 0.5) is 0 Å². The largest absolute Gasteiger partial charge is 0.469 e. The lowest BCUT2D eigenvalue weighted by Gasteiger charge is -2.32. The third-order valence-corrected chi connectivity index (χ3v) is 3.59. The Kier molecular flexibility index (Phi) is 3.84. The number of nitrogens with zero attached hydrogens (tertiary/aromatic N) is 1. The van der Waals surface area contributed by atoms with E-state index in [2.05, 4.69) is 5.32 Å². The minimum absolute atomic E-state index is 0.0260. The van der Waals surface area contributed by atoms with Crippen molar-refractivity contribution in [3.8, 4) is 0 Å². The van der Waals surface area contributed by atoms with Crippen molar-refractivity contribution in [3.63, 3.8) is 0 Å². The smallest absolute Gasteiger partial charge is 0.310 e. The first-order valence-corrected chi connectivity index (χ1v) is 6.25. The summed E-state index contributed by atoms with van der Waals surface area (Å²) in [5.74, 6) is -0.850. The second kappa shape index (κ2) is 5.37. The lowest BCUT2D eigenvalue weighted by atomic mass is 9.96. The van der Waals surface area contributed by atoms with Crippen molar-refractivity contribution in [1.82, 2.24) is 10.2 Å². The summed E-state index contributed by atoms with van der Waals surface area (Å²) >= 11 is 0. The number of amides is 2. The van der Waals surface area contributed by atoms with E-state index in [9.17, 15) is 14.4 Å². The Morgan fingerprint density at radius 3 is 2.78 bits per heavy atom. The molecule has 0 aliphatic carbocycles. The van der Waals surface area contributed by atoms with Crippen LogP contribution >= 0.6 is 0 Å². The topological polar surface area (TPSA) is 75.7 Å².